The minimum absolute atomic E-state index is 0.0596. The normalized spacial score (nSPS) is 29.9. The molecule has 0 N–H and O–H groups in total. The number of hydrogen-bond acceptors (Lipinski definition) is 5. The fourth-order valence-electron chi connectivity index (χ4n) is 2.51. The van der Waals surface area contributed by atoms with Gasteiger partial charge in [-0.25, -0.2) is 4.79 Å². The van der Waals surface area contributed by atoms with Crippen LogP contribution in [0.3, 0.4) is 0 Å². The first-order chi connectivity index (χ1) is 7.70. The van der Waals surface area contributed by atoms with Gasteiger partial charge in [0.2, 0.25) is 0 Å². The Morgan fingerprint density at radius 3 is 2.56 bits per heavy atom. The maximum atomic E-state index is 11.4. The summed E-state index contributed by atoms with van der Waals surface area (Å²) in [7, 11) is 0. The summed E-state index contributed by atoms with van der Waals surface area (Å²) in [6, 6.07) is 0.119. The minimum Gasteiger partial charge on any atom is -0.433 e. The van der Waals surface area contributed by atoms with E-state index in [9.17, 15) is 9.59 Å². The van der Waals surface area contributed by atoms with Gasteiger partial charge in [-0.3, -0.25) is 4.79 Å². The Bertz CT molecular complexity index is 276. The highest BCUT2D eigenvalue weighted by molar-refractivity contribution is 5.80. The van der Waals surface area contributed by atoms with Crippen LogP contribution < -0.4 is 0 Å². The molecule has 0 aromatic heterocycles. The lowest BCUT2D eigenvalue weighted by atomic mass is 9.86. The van der Waals surface area contributed by atoms with E-state index in [1.54, 1.807) is 12.0 Å². The molecular formula is C11H17NO4. The predicted molar refractivity (Wildman–Crippen MR) is 55.6 cm³/mol. The Kier molecular flexibility index (Phi) is 3.43. The smallest absolute Gasteiger partial charge is 0.433 e. The van der Waals surface area contributed by atoms with Crippen LogP contribution in [0.2, 0.25) is 0 Å². The van der Waals surface area contributed by atoms with E-state index in [1.807, 2.05) is 0 Å². The van der Waals surface area contributed by atoms with Gasteiger partial charge in [0.05, 0.1) is 18.7 Å². The van der Waals surface area contributed by atoms with Crippen molar-refractivity contribution >= 4 is 11.9 Å². The number of Topliss-reactive ketones (excluding diaryl/α,β-unsaturated/α-hetero) is 1. The molecule has 2 atom stereocenters. The maximum Gasteiger partial charge on any atom is 0.527 e. The first-order valence-corrected chi connectivity index (χ1v) is 5.85. The number of rotatable bonds is 2. The number of ether oxygens (including phenoxy) is 1. The summed E-state index contributed by atoms with van der Waals surface area (Å²) in [6.45, 7) is 2.04. The predicted octanol–water partition coefficient (Wildman–Crippen LogP) is 1.66. The van der Waals surface area contributed by atoms with Crippen molar-refractivity contribution in [3.8, 4) is 0 Å². The Morgan fingerprint density at radius 2 is 2.00 bits per heavy atom. The number of nitrogens with zero attached hydrogens (tertiary/aromatic N) is 1. The third kappa shape index (κ3) is 2.35. The second kappa shape index (κ2) is 4.82. The molecule has 5 heteroatoms. The molecular weight excluding hydrogens is 210 g/mol. The maximum absolute atomic E-state index is 11.4. The van der Waals surface area contributed by atoms with Crippen LogP contribution in [0.1, 0.15) is 39.0 Å². The van der Waals surface area contributed by atoms with Crippen molar-refractivity contribution in [2.24, 2.45) is 0 Å². The van der Waals surface area contributed by atoms with Crippen molar-refractivity contribution in [2.45, 2.75) is 51.1 Å². The van der Waals surface area contributed by atoms with Crippen molar-refractivity contribution in [2.75, 3.05) is 6.61 Å². The van der Waals surface area contributed by atoms with Gasteiger partial charge in [-0.05, 0) is 19.8 Å². The van der Waals surface area contributed by atoms with Gasteiger partial charge in [0.25, 0.3) is 0 Å². The molecule has 2 saturated heterocycles. The van der Waals surface area contributed by atoms with Crippen molar-refractivity contribution in [3.63, 3.8) is 0 Å². The molecule has 2 bridgehead atoms. The lowest BCUT2D eigenvalue weighted by molar-refractivity contribution is -0.207. The number of piperidine rings is 2. The third-order valence-corrected chi connectivity index (χ3v) is 3.16. The summed E-state index contributed by atoms with van der Waals surface area (Å²) in [5.41, 5.74) is 0. The lowest BCUT2D eigenvalue weighted by Crippen LogP contribution is -2.52. The molecule has 0 amide bonds. The van der Waals surface area contributed by atoms with E-state index in [1.165, 1.54) is 0 Å². The van der Waals surface area contributed by atoms with Crippen molar-refractivity contribution in [1.82, 2.24) is 5.06 Å². The van der Waals surface area contributed by atoms with Crippen LogP contribution in [0.25, 0.3) is 0 Å². The van der Waals surface area contributed by atoms with Crippen LogP contribution in [0.5, 0.6) is 0 Å². The Hall–Kier alpha value is -1.10. The minimum atomic E-state index is -0.659. The zero-order valence-corrected chi connectivity index (χ0v) is 9.48. The van der Waals surface area contributed by atoms with Gasteiger partial charge in [-0.15, -0.1) is 5.06 Å². The molecule has 2 fully saturated rings. The highest BCUT2D eigenvalue weighted by Gasteiger charge is 2.40. The standard InChI is InChI=1S/C11H17NO4/c1-2-15-11(14)16-12-8-4-3-5-9(12)7-10(13)6-8/h8-9H,2-7H2,1H3. The summed E-state index contributed by atoms with van der Waals surface area (Å²) >= 11 is 0. The molecule has 2 aliphatic rings. The fourth-order valence-corrected chi connectivity index (χ4v) is 2.51. The van der Waals surface area contributed by atoms with Crippen molar-refractivity contribution in [1.29, 1.82) is 0 Å². The Balaban J connectivity index is 1.98. The molecule has 0 aromatic carbocycles. The molecule has 0 saturated carbocycles. The van der Waals surface area contributed by atoms with Crippen LogP contribution in [-0.2, 0) is 14.4 Å². The SMILES string of the molecule is CCOC(=O)ON1C2CCCC1CC(=O)C2. The quantitative estimate of drug-likeness (QED) is 0.671. The second-order valence-electron chi connectivity index (χ2n) is 4.32. The van der Waals surface area contributed by atoms with Crippen molar-refractivity contribution < 1.29 is 19.2 Å². The largest absolute Gasteiger partial charge is 0.527 e. The second-order valence-corrected chi connectivity index (χ2v) is 4.32. The average Bonchev–Trinajstić information content (AvgIpc) is 2.19. The molecule has 0 aromatic rings. The van der Waals surface area contributed by atoms with E-state index in [-0.39, 0.29) is 17.9 Å². The van der Waals surface area contributed by atoms with E-state index in [0.29, 0.717) is 19.4 Å². The van der Waals surface area contributed by atoms with Gasteiger partial charge < -0.3 is 9.57 Å². The number of ketones is 1. The monoisotopic (exact) mass is 227 g/mol. The summed E-state index contributed by atoms with van der Waals surface area (Å²) in [5.74, 6) is 0.276. The number of hydrogen-bond donors (Lipinski definition) is 0. The Morgan fingerprint density at radius 1 is 1.38 bits per heavy atom. The molecule has 2 heterocycles. The third-order valence-electron chi connectivity index (χ3n) is 3.16. The topological polar surface area (TPSA) is 55.8 Å². The summed E-state index contributed by atoms with van der Waals surface area (Å²) in [4.78, 5) is 27.9. The molecule has 16 heavy (non-hydrogen) atoms. The van der Waals surface area contributed by atoms with Gasteiger partial charge in [-0.2, -0.15) is 0 Å². The first kappa shape index (κ1) is 11.4. The molecule has 0 aliphatic carbocycles. The molecule has 0 radical (unpaired) electrons. The number of hydroxylamine groups is 2. The van der Waals surface area contributed by atoms with Crippen LogP contribution in [-0.4, -0.2) is 35.7 Å². The van der Waals surface area contributed by atoms with Crippen LogP contribution in [0.4, 0.5) is 4.79 Å². The van der Waals surface area contributed by atoms with Gasteiger partial charge in [-0.1, -0.05) is 6.42 Å². The van der Waals surface area contributed by atoms with E-state index in [4.69, 9.17) is 9.57 Å². The number of carbonyl (C=O) groups excluding carboxylic acids is 2. The number of carbonyl (C=O) groups is 2. The zero-order valence-electron chi connectivity index (χ0n) is 9.48. The van der Waals surface area contributed by atoms with Gasteiger partial charge in [0.1, 0.15) is 5.78 Å². The van der Waals surface area contributed by atoms with Gasteiger partial charge in [0, 0.05) is 12.8 Å². The van der Waals surface area contributed by atoms with E-state index in [0.717, 1.165) is 19.3 Å². The molecule has 2 rings (SSSR count). The highest BCUT2D eigenvalue weighted by atomic mass is 16.8. The van der Waals surface area contributed by atoms with E-state index in [2.05, 4.69) is 0 Å². The van der Waals surface area contributed by atoms with Gasteiger partial charge in [0.15, 0.2) is 0 Å². The summed E-state index contributed by atoms with van der Waals surface area (Å²) < 4.78 is 4.75. The fraction of sp³-hybridized carbons (Fsp3) is 0.818. The molecule has 2 unspecified atom stereocenters. The van der Waals surface area contributed by atoms with E-state index < -0.39 is 6.16 Å². The average molecular weight is 227 g/mol. The van der Waals surface area contributed by atoms with E-state index >= 15 is 0 Å². The number of fused-ring (bicyclic) bond motifs is 2. The van der Waals surface area contributed by atoms with Crippen molar-refractivity contribution in [3.05, 3.63) is 0 Å². The summed E-state index contributed by atoms with van der Waals surface area (Å²) in [6.07, 6.45) is 3.27. The molecule has 0 spiro atoms. The molecule has 90 valence electrons. The lowest BCUT2D eigenvalue weighted by Gasteiger charge is -2.42. The van der Waals surface area contributed by atoms with Crippen LogP contribution >= 0.6 is 0 Å². The molecule has 5 nitrogen and oxygen atoms in total. The summed E-state index contributed by atoms with van der Waals surface area (Å²) in [5, 5.41) is 1.68. The zero-order chi connectivity index (χ0) is 11.5. The molecule has 2 aliphatic heterocycles. The highest BCUT2D eigenvalue weighted by Crippen LogP contribution is 2.32. The van der Waals surface area contributed by atoms with Crippen LogP contribution in [0.15, 0.2) is 0 Å². The first-order valence-electron chi connectivity index (χ1n) is 5.85. The Labute approximate surface area is 94.6 Å². The van der Waals surface area contributed by atoms with Crippen LogP contribution in [0, 0.1) is 0 Å². The van der Waals surface area contributed by atoms with Gasteiger partial charge >= 0.3 is 6.16 Å².